The zero-order valence-corrected chi connectivity index (χ0v) is 14.0. The van der Waals surface area contributed by atoms with Crippen molar-refractivity contribution in [3.05, 3.63) is 18.0 Å². The highest BCUT2D eigenvalue weighted by Crippen LogP contribution is 2.45. The van der Waals surface area contributed by atoms with Crippen molar-refractivity contribution in [1.29, 1.82) is 0 Å². The van der Waals surface area contributed by atoms with Gasteiger partial charge in [0.1, 0.15) is 0 Å². The highest BCUT2D eigenvalue weighted by Gasteiger charge is 2.40. The first-order chi connectivity index (χ1) is 10.7. The van der Waals surface area contributed by atoms with Crippen molar-refractivity contribution in [2.75, 3.05) is 26.2 Å². The van der Waals surface area contributed by atoms with Gasteiger partial charge in [0.2, 0.25) is 0 Å². The number of likely N-dealkylation sites (tertiary alicyclic amines) is 1. The van der Waals surface area contributed by atoms with Gasteiger partial charge in [0, 0.05) is 25.8 Å². The number of aliphatic imine (C=N–C) groups is 1. The van der Waals surface area contributed by atoms with Crippen molar-refractivity contribution in [3.63, 3.8) is 0 Å². The summed E-state index contributed by atoms with van der Waals surface area (Å²) in [7, 11) is 0. The van der Waals surface area contributed by atoms with E-state index in [1.807, 2.05) is 10.9 Å². The lowest BCUT2D eigenvalue weighted by Gasteiger charge is -2.26. The number of nitrogens with zero attached hydrogens (tertiary/aromatic N) is 4. The number of aryl methyl sites for hydroxylation is 1. The van der Waals surface area contributed by atoms with Crippen LogP contribution < -0.4 is 5.32 Å². The van der Waals surface area contributed by atoms with Gasteiger partial charge in [0.05, 0.1) is 19.3 Å². The summed E-state index contributed by atoms with van der Waals surface area (Å²) in [4.78, 5) is 7.30. The Morgan fingerprint density at radius 3 is 2.86 bits per heavy atom. The third-order valence-corrected chi connectivity index (χ3v) is 5.09. The fourth-order valence-corrected chi connectivity index (χ4v) is 3.92. The Balaban J connectivity index is 1.58. The molecule has 2 fully saturated rings. The molecule has 1 saturated carbocycles. The minimum atomic E-state index is 0.593. The maximum Gasteiger partial charge on any atom is 0.193 e. The summed E-state index contributed by atoms with van der Waals surface area (Å²) >= 11 is 0. The molecule has 0 atom stereocenters. The number of hydrogen-bond donors (Lipinski definition) is 1. The van der Waals surface area contributed by atoms with E-state index in [0.717, 1.165) is 32.1 Å². The summed E-state index contributed by atoms with van der Waals surface area (Å²) in [6, 6.07) is 0. The first kappa shape index (κ1) is 15.4. The van der Waals surface area contributed by atoms with E-state index in [2.05, 4.69) is 35.4 Å². The number of aromatic nitrogens is 2. The van der Waals surface area contributed by atoms with E-state index < -0.39 is 0 Å². The summed E-state index contributed by atoms with van der Waals surface area (Å²) in [5.41, 5.74) is 1.80. The first-order valence-electron chi connectivity index (χ1n) is 8.73. The van der Waals surface area contributed by atoms with E-state index >= 15 is 0 Å². The monoisotopic (exact) mass is 303 g/mol. The summed E-state index contributed by atoms with van der Waals surface area (Å²) in [6.07, 6.45) is 11.0. The Bertz CT molecular complexity index is 513. The minimum absolute atomic E-state index is 0.593. The zero-order chi connectivity index (χ0) is 15.4. The third kappa shape index (κ3) is 3.45. The lowest BCUT2D eigenvalue weighted by molar-refractivity contribution is 0.309. The number of hydrogen-bond acceptors (Lipinski definition) is 2. The van der Waals surface area contributed by atoms with Gasteiger partial charge in [-0.25, -0.2) is 0 Å². The molecular formula is C17H29N5. The van der Waals surface area contributed by atoms with Crippen LogP contribution in [0.25, 0.3) is 0 Å². The largest absolute Gasteiger partial charge is 0.357 e. The summed E-state index contributed by atoms with van der Waals surface area (Å²) in [5, 5.41) is 7.80. The van der Waals surface area contributed by atoms with E-state index in [4.69, 9.17) is 4.99 Å². The van der Waals surface area contributed by atoms with Crippen LogP contribution in [0.15, 0.2) is 17.4 Å². The molecule has 5 nitrogen and oxygen atoms in total. The summed E-state index contributed by atoms with van der Waals surface area (Å²) in [5.74, 6) is 1.09. The van der Waals surface area contributed by atoms with Crippen LogP contribution in [-0.4, -0.2) is 46.8 Å². The Morgan fingerprint density at radius 2 is 2.18 bits per heavy atom. The predicted octanol–water partition coefficient (Wildman–Crippen LogP) is 2.42. The number of nitrogens with one attached hydrogen (secondary N) is 1. The molecule has 1 saturated heterocycles. The zero-order valence-electron chi connectivity index (χ0n) is 14.0. The van der Waals surface area contributed by atoms with Crippen LogP contribution in [0, 0.1) is 12.3 Å². The van der Waals surface area contributed by atoms with Crippen LogP contribution >= 0.6 is 0 Å². The molecule has 22 heavy (non-hydrogen) atoms. The molecular weight excluding hydrogens is 274 g/mol. The average molecular weight is 303 g/mol. The van der Waals surface area contributed by atoms with E-state index in [1.54, 1.807) is 0 Å². The molecule has 122 valence electrons. The summed E-state index contributed by atoms with van der Waals surface area (Å²) < 4.78 is 1.98. The fourth-order valence-electron chi connectivity index (χ4n) is 3.92. The molecule has 5 heteroatoms. The van der Waals surface area contributed by atoms with Gasteiger partial charge in [-0.15, -0.1) is 0 Å². The van der Waals surface area contributed by atoms with Crippen LogP contribution in [0.5, 0.6) is 0 Å². The van der Waals surface area contributed by atoms with Gasteiger partial charge in [-0.3, -0.25) is 9.67 Å². The molecule has 3 rings (SSSR count). The second-order valence-corrected chi connectivity index (χ2v) is 6.90. The van der Waals surface area contributed by atoms with Gasteiger partial charge in [-0.05, 0) is 44.1 Å². The molecule has 0 unspecified atom stereocenters. The van der Waals surface area contributed by atoms with Crippen LogP contribution in [0.3, 0.4) is 0 Å². The second kappa shape index (κ2) is 6.71. The van der Waals surface area contributed by atoms with Gasteiger partial charge in [0.15, 0.2) is 5.96 Å². The van der Waals surface area contributed by atoms with Crippen LogP contribution in [-0.2, 0) is 6.54 Å². The highest BCUT2D eigenvalue weighted by molar-refractivity contribution is 5.80. The summed E-state index contributed by atoms with van der Waals surface area (Å²) in [6.45, 7) is 9.14. The lowest BCUT2D eigenvalue weighted by atomic mass is 9.86. The predicted molar refractivity (Wildman–Crippen MR) is 90.0 cm³/mol. The van der Waals surface area contributed by atoms with Gasteiger partial charge in [-0.2, -0.15) is 5.10 Å². The fraction of sp³-hybridized carbons (Fsp3) is 0.765. The molecule has 2 heterocycles. The number of rotatable bonds is 4. The van der Waals surface area contributed by atoms with Crippen molar-refractivity contribution in [1.82, 2.24) is 20.0 Å². The average Bonchev–Trinajstić information content (AvgIpc) is 3.22. The Hall–Kier alpha value is -1.52. The van der Waals surface area contributed by atoms with E-state index in [-0.39, 0.29) is 0 Å². The lowest BCUT2D eigenvalue weighted by Crippen LogP contribution is -2.41. The minimum Gasteiger partial charge on any atom is -0.357 e. The number of guanidine groups is 1. The standard InChI is InChI=1S/C17H29N5/c1-3-18-16(19-9-11-22-13-15(2)12-20-22)21-10-8-17(14-21)6-4-5-7-17/h12-13H,3-11,14H2,1-2H3,(H,18,19). The smallest absolute Gasteiger partial charge is 0.193 e. The Kier molecular flexibility index (Phi) is 4.69. The van der Waals surface area contributed by atoms with Crippen molar-refractivity contribution < 1.29 is 0 Å². The molecule has 1 aromatic heterocycles. The Labute approximate surface area is 133 Å². The van der Waals surface area contributed by atoms with Crippen molar-refractivity contribution in [2.24, 2.45) is 10.4 Å². The van der Waals surface area contributed by atoms with Crippen molar-refractivity contribution >= 4 is 5.96 Å². The molecule has 1 aromatic rings. The highest BCUT2D eigenvalue weighted by atomic mass is 15.3. The van der Waals surface area contributed by atoms with Gasteiger partial charge >= 0.3 is 0 Å². The van der Waals surface area contributed by atoms with Gasteiger partial charge in [-0.1, -0.05) is 12.8 Å². The maximum atomic E-state index is 4.83. The quantitative estimate of drug-likeness (QED) is 0.686. The molecule has 0 aromatic carbocycles. The SMILES string of the molecule is CCNC(=NCCn1cc(C)cn1)N1CCC2(CCCC2)C1. The van der Waals surface area contributed by atoms with Crippen LogP contribution in [0.2, 0.25) is 0 Å². The van der Waals surface area contributed by atoms with Gasteiger partial charge < -0.3 is 10.2 Å². The van der Waals surface area contributed by atoms with Crippen molar-refractivity contribution in [2.45, 2.75) is 52.5 Å². The molecule has 1 N–H and O–H groups in total. The van der Waals surface area contributed by atoms with Crippen LogP contribution in [0.1, 0.15) is 44.6 Å². The topological polar surface area (TPSA) is 45.5 Å². The normalized spacial score (nSPS) is 21.0. The Morgan fingerprint density at radius 1 is 1.36 bits per heavy atom. The van der Waals surface area contributed by atoms with Crippen molar-refractivity contribution in [3.8, 4) is 0 Å². The molecule has 1 aliphatic heterocycles. The molecule has 0 bridgehead atoms. The first-order valence-corrected chi connectivity index (χ1v) is 8.73. The third-order valence-electron chi connectivity index (χ3n) is 5.09. The molecule has 0 radical (unpaired) electrons. The molecule has 0 amide bonds. The van der Waals surface area contributed by atoms with E-state index in [0.29, 0.717) is 5.41 Å². The van der Waals surface area contributed by atoms with Gasteiger partial charge in [0.25, 0.3) is 0 Å². The molecule has 2 aliphatic rings. The molecule has 1 spiro atoms. The second-order valence-electron chi connectivity index (χ2n) is 6.90. The van der Waals surface area contributed by atoms with E-state index in [1.165, 1.54) is 44.2 Å². The van der Waals surface area contributed by atoms with E-state index in [9.17, 15) is 0 Å². The van der Waals surface area contributed by atoms with Crippen LogP contribution in [0.4, 0.5) is 0 Å². The maximum absolute atomic E-state index is 4.83. The molecule has 1 aliphatic carbocycles.